The van der Waals surface area contributed by atoms with Gasteiger partial charge in [-0.1, -0.05) is 26.7 Å². The average molecular weight is 363 g/mol. The van der Waals surface area contributed by atoms with E-state index in [-0.39, 0.29) is 5.91 Å². The summed E-state index contributed by atoms with van der Waals surface area (Å²) < 4.78 is 4.63. The molecule has 1 amide bonds. The maximum Gasteiger partial charge on any atom is 0.337 e. The summed E-state index contributed by atoms with van der Waals surface area (Å²) in [4.78, 5) is 23.5. The van der Waals surface area contributed by atoms with Gasteiger partial charge in [0, 0.05) is 11.6 Å². The van der Waals surface area contributed by atoms with E-state index in [2.05, 4.69) is 34.8 Å². The standard InChI is InChI=1S/C18H25N3O3S/c1-11-5-4-6-15(12(11)2)19-18(25)21-20-16(22)13-7-9-14(10-8-13)17(23)24-3/h7-12,15H,4-6H2,1-3H3,(H,20,22)(H2,19,21,25)/t11-,12-,15+/m1/s1. The van der Waals surface area contributed by atoms with Crippen molar-refractivity contribution in [1.82, 2.24) is 16.2 Å². The lowest BCUT2D eigenvalue weighted by molar-refractivity contribution is 0.0600. The molecule has 6 nitrogen and oxygen atoms in total. The molecule has 3 atom stereocenters. The van der Waals surface area contributed by atoms with Gasteiger partial charge < -0.3 is 10.1 Å². The topological polar surface area (TPSA) is 79.5 Å². The Balaban J connectivity index is 1.83. The van der Waals surface area contributed by atoms with Gasteiger partial charge in [0.1, 0.15) is 0 Å². The Hall–Kier alpha value is -2.15. The van der Waals surface area contributed by atoms with Crippen molar-refractivity contribution < 1.29 is 14.3 Å². The SMILES string of the molecule is COC(=O)c1ccc(C(=O)NNC(=S)N[C@H]2CCC[C@@H](C)[C@H]2C)cc1. The summed E-state index contributed by atoms with van der Waals surface area (Å²) in [5.41, 5.74) is 6.12. The zero-order valence-electron chi connectivity index (χ0n) is 14.8. The van der Waals surface area contributed by atoms with Crippen LogP contribution in [-0.2, 0) is 4.74 Å². The molecule has 0 heterocycles. The first-order valence-electron chi connectivity index (χ1n) is 8.47. The molecule has 1 aliphatic carbocycles. The zero-order chi connectivity index (χ0) is 18.4. The molecule has 1 fully saturated rings. The lowest BCUT2D eigenvalue weighted by atomic mass is 9.78. The Morgan fingerprint density at radius 2 is 1.72 bits per heavy atom. The quantitative estimate of drug-likeness (QED) is 0.435. The number of nitrogens with one attached hydrogen (secondary N) is 3. The molecule has 0 bridgehead atoms. The fourth-order valence-electron chi connectivity index (χ4n) is 3.05. The molecule has 1 saturated carbocycles. The molecule has 7 heteroatoms. The van der Waals surface area contributed by atoms with E-state index in [4.69, 9.17) is 12.2 Å². The van der Waals surface area contributed by atoms with Crippen LogP contribution in [0.3, 0.4) is 0 Å². The van der Waals surface area contributed by atoms with Gasteiger partial charge in [-0.15, -0.1) is 0 Å². The summed E-state index contributed by atoms with van der Waals surface area (Å²) in [5.74, 6) is 0.434. The number of methoxy groups -OCH3 is 1. The number of carbonyl (C=O) groups excluding carboxylic acids is 2. The van der Waals surface area contributed by atoms with E-state index < -0.39 is 5.97 Å². The monoisotopic (exact) mass is 363 g/mol. The predicted molar refractivity (Wildman–Crippen MR) is 100 cm³/mol. The Labute approximate surface area is 153 Å². The first-order valence-corrected chi connectivity index (χ1v) is 8.88. The average Bonchev–Trinajstić information content (AvgIpc) is 2.63. The Kier molecular flexibility index (Phi) is 6.75. The second kappa shape index (κ2) is 8.80. The summed E-state index contributed by atoms with van der Waals surface area (Å²) in [6, 6.07) is 6.53. The number of esters is 1. The van der Waals surface area contributed by atoms with Crippen molar-refractivity contribution >= 4 is 29.2 Å². The molecule has 1 aromatic carbocycles. The molecule has 0 aliphatic heterocycles. The van der Waals surface area contributed by atoms with Crippen LogP contribution in [0.5, 0.6) is 0 Å². The normalized spacial score (nSPS) is 22.6. The molecule has 3 N–H and O–H groups in total. The van der Waals surface area contributed by atoms with Crippen LogP contribution >= 0.6 is 12.2 Å². The first-order chi connectivity index (χ1) is 11.9. The molecule has 1 aliphatic rings. The van der Waals surface area contributed by atoms with Gasteiger partial charge in [0.2, 0.25) is 0 Å². The van der Waals surface area contributed by atoms with Gasteiger partial charge in [-0.25, -0.2) is 4.79 Å². The Morgan fingerprint density at radius 1 is 1.08 bits per heavy atom. The number of benzene rings is 1. The van der Waals surface area contributed by atoms with Crippen LogP contribution in [0.25, 0.3) is 0 Å². The van der Waals surface area contributed by atoms with Crippen LogP contribution in [0.1, 0.15) is 53.8 Å². The molecule has 2 rings (SSSR count). The highest BCUT2D eigenvalue weighted by atomic mass is 32.1. The fraction of sp³-hybridized carbons (Fsp3) is 0.500. The van der Waals surface area contributed by atoms with Gasteiger partial charge >= 0.3 is 5.97 Å². The van der Waals surface area contributed by atoms with Crippen molar-refractivity contribution in [2.75, 3.05) is 7.11 Å². The third kappa shape index (κ3) is 5.16. The highest BCUT2D eigenvalue weighted by Crippen LogP contribution is 2.29. The number of hydrogen-bond acceptors (Lipinski definition) is 4. The predicted octanol–water partition coefficient (Wildman–Crippen LogP) is 2.41. The van der Waals surface area contributed by atoms with Crippen LogP contribution in [0.2, 0.25) is 0 Å². The highest BCUT2D eigenvalue weighted by molar-refractivity contribution is 7.80. The number of rotatable bonds is 3. The van der Waals surface area contributed by atoms with Gasteiger partial charge in [0.15, 0.2) is 5.11 Å². The smallest absolute Gasteiger partial charge is 0.337 e. The van der Waals surface area contributed by atoms with Crippen molar-refractivity contribution in [2.24, 2.45) is 11.8 Å². The van der Waals surface area contributed by atoms with Crippen LogP contribution in [-0.4, -0.2) is 30.1 Å². The zero-order valence-corrected chi connectivity index (χ0v) is 15.6. The van der Waals surface area contributed by atoms with Crippen molar-refractivity contribution in [3.8, 4) is 0 Å². The van der Waals surface area contributed by atoms with Crippen LogP contribution in [0, 0.1) is 11.8 Å². The number of carbonyl (C=O) groups is 2. The number of hydrazine groups is 1. The van der Waals surface area contributed by atoms with E-state index in [9.17, 15) is 9.59 Å². The van der Waals surface area contributed by atoms with E-state index in [1.54, 1.807) is 24.3 Å². The third-order valence-electron chi connectivity index (χ3n) is 4.88. The van der Waals surface area contributed by atoms with Gasteiger partial charge in [-0.3, -0.25) is 15.6 Å². The summed E-state index contributed by atoms with van der Waals surface area (Å²) in [5, 5.41) is 3.69. The van der Waals surface area contributed by atoms with E-state index in [0.29, 0.717) is 34.1 Å². The summed E-state index contributed by atoms with van der Waals surface area (Å²) in [7, 11) is 1.31. The number of thiocarbonyl (C=S) groups is 1. The van der Waals surface area contributed by atoms with Crippen molar-refractivity contribution in [3.63, 3.8) is 0 Å². The van der Waals surface area contributed by atoms with Gasteiger partial charge in [0.25, 0.3) is 5.91 Å². The van der Waals surface area contributed by atoms with Crippen molar-refractivity contribution in [2.45, 2.75) is 39.2 Å². The largest absolute Gasteiger partial charge is 0.465 e. The third-order valence-corrected chi connectivity index (χ3v) is 5.10. The Morgan fingerprint density at radius 3 is 2.36 bits per heavy atom. The van der Waals surface area contributed by atoms with Crippen molar-refractivity contribution in [1.29, 1.82) is 0 Å². The molecule has 0 unspecified atom stereocenters. The lowest BCUT2D eigenvalue weighted by Gasteiger charge is -2.35. The van der Waals surface area contributed by atoms with Crippen LogP contribution < -0.4 is 16.2 Å². The number of hydrogen-bond donors (Lipinski definition) is 3. The number of ether oxygens (including phenoxy) is 1. The molecule has 0 aromatic heterocycles. The minimum Gasteiger partial charge on any atom is -0.465 e. The molecular formula is C18H25N3O3S. The van der Waals surface area contributed by atoms with E-state index >= 15 is 0 Å². The van der Waals surface area contributed by atoms with E-state index in [1.165, 1.54) is 20.0 Å². The second-order valence-corrected chi connectivity index (χ2v) is 6.90. The highest BCUT2D eigenvalue weighted by Gasteiger charge is 2.27. The van der Waals surface area contributed by atoms with Gasteiger partial charge in [-0.2, -0.15) is 0 Å². The molecule has 1 aromatic rings. The first kappa shape index (κ1) is 19.2. The summed E-state index contributed by atoms with van der Waals surface area (Å²) in [6.07, 6.45) is 3.51. The van der Waals surface area contributed by atoms with Gasteiger partial charge in [0.05, 0.1) is 12.7 Å². The molecular weight excluding hydrogens is 338 g/mol. The molecule has 0 spiro atoms. The summed E-state index contributed by atoms with van der Waals surface area (Å²) in [6.45, 7) is 4.49. The molecule has 136 valence electrons. The van der Waals surface area contributed by atoms with Crippen LogP contribution in [0.4, 0.5) is 0 Å². The van der Waals surface area contributed by atoms with Crippen LogP contribution in [0.15, 0.2) is 24.3 Å². The maximum absolute atomic E-state index is 12.1. The maximum atomic E-state index is 12.1. The van der Waals surface area contributed by atoms with Gasteiger partial charge in [-0.05, 0) is 54.7 Å². The Bertz CT molecular complexity index is 633. The van der Waals surface area contributed by atoms with Crippen molar-refractivity contribution in [3.05, 3.63) is 35.4 Å². The fourth-order valence-corrected chi connectivity index (χ4v) is 3.25. The summed E-state index contributed by atoms with van der Waals surface area (Å²) >= 11 is 5.27. The molecule has 0 radical (unpaired) electrons. The van der Waals surface area contributed by atoms with E-state index in [0.717, 1.165) is 6.42 Å². The van der Waals surface area contributed by atoms with E-state index in [1.807, 2.05) is 0 Å². The lowest BCUT2D eigenvalue weighted by Crippen LogP contribution is -2.52. The molecule has 25 heavy (non-hydrogen) atoms. The minimum atomic E-state index is -0.439. The minimum absolute atomic E-state index is 0.319. The number of amides is 1. The second-order valence-electron chi connectivity index (χ2n) is 6.50. The molecule has 0 saturated heterocycles.